The molecule has 2 aliphatic rings. The summed E-state index contributed by atoms with van der Waals surface area (Å²) in [5.41, 5.74) is 6.48. The first-order valence-electron chi connectivity index (χ1n) is 8.04. The highest BCUT2D eigenvalue weighted by molar-refractivity contribution is 5.97. The molecule has 0 amide bonds. The van der Waals surface area contributed by atoms with Crippen LogP contribution in [0.1, 0.15) is 62.1 Å². The number of benzene rings is 1. The third kappa shape index (κ3) is 2.64. The van der Waals surface area contributed by atoms with Gasteiger partial charge in [-0.05, 0) is 59.9 Å². The lowest BCUT2D eigenvalue weighted by molar-refractivity contribution is -0.116. The zero-order chi connectivity index (χ0) is 15.0. The van der Waals surface area contributed by atoms with Gasteiger partial charge >= 0.3 is 0 Å². The van der Waals surface area contributed by atoms with Gasteiger partial charge in [0, 0.05) is 12.8 Å². The monoisotopic (exact) mass is 284 g/mol. The minimum atomic E-state index is 0.371. The van der Waals surface area contributed by atoms with E-state index in [1.807, 2.05) is 0 Å². The Kier molecular flexibility index (Phi) is 3.88. The average Bonchev–Trinajstić information content (AvgIpc) is 2.65. The summed E-state index contributed by atoms with van der Waals surface area (Å²) in [5.74, 6) is 1.80. The summed E-state index contributed by atoms with van der Waals surface area (Å²) in [5, 5.41) is 0. The van der Waals surface area contributed by atoms with Gasteiger partial charge < -0.3 is 4.74 Å². The van der Waals surface area contributed by atoms with Gasteiger partial charge in [0.1, 0.15) is 5.75 Å². The van der Waals surface area contributed by atoms with E-state index < -0.39 is 0 Å². The third-order valence-corrected chi connectivity index (χ3v) is 4.88. The molecule has 112 valence electrons. The first-order valence-corrected chi connectivity index (χ1v) is 8.04. The number of ketones is 1. The number of Topliss-reactive ketones (excluding diaryl/α,β-unsaturated/α-hetero) is 1. The maximum atomic E-state index is 12.2. The van der Waals surface area contributed by atoms with Crippen molar-refractivity contribution in [2.45, 2.75) is 58.3 Å². The smallest absolute Gasteiger partial charge is 0.159 e. The number of rotatable bonds is 2. The molecule has 21 heavy (non-hydrogen) atoms. The van der Waals surface area contributed by atoms with Crippen molar-refractivity contribution in [1.29, 1.82) is 0 Å². The highest BCUT2D eigenvalue weighted by Crippen LogP contribution is 2.37. The highest BCUT2D eigenvalue weighted by atomic mass is 16.5. The first kappa shape index (κ1) is 14.4. The molecule has 0 fully saturated rings. The van der Waals surface area contributed by atoms with Gasteiger partial charge in [-0.1, -0.05) is 25.5 Å². The Morgan fingerprint density at radius 1 is 1.05 bits per heavy atom. The number of carbonyl (C=O) groups is 1. The van der Waals surface area contributed by atoms with Crippen LogP contribution in [-0.4, -0.2) is 12.9 Å². The van der Waals surface area contributed by atoms with Crippen molar-refractivity contribution in [3.63, 3.8) is 0 Å². The van der Waals surface area contributed by atoms with E-state index in [1.54, 1.807) is 7.11 Å². The fourth-order valence-corrected chi connectivity index (χ4v) is 3.65. The Morgan fingerprint density at radius 2 is 1.86 bits per heavy atom. The predicted octanol–water partition coefficient (Wildman–Crippen LogP) is 4.36. The number of allylic oxidation sites excluding steroid dienone is 2. The van der Waals surface area contributed by atoms with Crippen LogP contribution >= 0.6 is 0 Å². The van der Waals surface area contributed by atoms with Gasteiger partial charge in [0.2, 0.25) is 0 Å². The molecule has 3 rings (SSSR count). The fraction of sp³-hybridized carbons (Fsp3) is 0.526. The van der Waals surface area contributed by atoms with E-state index in [0.717, 1.165) is 49.8 Å². The molecule has 0 saturated carbocycles. The molecule has 0 saturated heterocycles. The van der Waals surface area contributed by atoms with E-state index in [4.69, 9.17) is 4.74 Å². The summed E-state index contributed by atoms with van der Waals surface area (Å²) in [6.07, 6.45) is 5.80. The standard InChI is InChI=1S/C19H24O2/c1-12(2)16-9-14-8-7-13-5-4-6-18(20)17(13)10-15(14)11-19(16)21-3/h9,11-12H,4-8,10H2,1-3H3. The Bertz CT molecular complexity index is 608. The van der Waals surface area contributed by atoms with Crippen LogP contribution in [0, 0.1) is 0 Å². The molecule has 1 aromatic rings. The first-order chi connectivity index (χ1) is 10.1. The second kappa shape index (κ2) is 5.67. The molecule has 0 N–H and O–H groups in total. The Morgan fingerprint density at radius 3 is 2.57 bits per heavy atom. The van der Waals surface area contributed by atoms with E-state index in [9.17, 15) is 4.79 Å². The van der Waals surface area contributed by atoms with Crippen molar-refractivity contribution in [2.24, 2.45) is 0 Å². The van der Waals surface area contributed by atoms with E-state index in [2.05, 4.69) is 26.0 Å². The summed E-state index contributed by atoms with van der Waals surface area (Å²) >= 11 is 0. The molecule has 0 aromatic heterocycles. The van der Waals surface area contributed by atoms with Crippen LogP contribution in [0.25, 0.3) is 0 Å². The highest BCUT2D eigenvalue weighted by Gasteiger charge is 2.25. The van der Waals surface area contributed by atoms with Crippen LogP contribution in [0.4, 0.5) is 0 Å². The lowest BCUT2D eigenvalue weighted by Crippen LogP contribution is -2.13. The summed E-state index contributed by atoms with van der Waals surface area (Å²) in [4.78, 5) is 12.2. The van der Waals surface area contributed by atoms with Crippen LogP contribution in [0.15, 0.2) is 23.3 Å². The second-order valence-corrected chi connectivity index (χ2v) is 6.55. The molecule has 2 heteroatoms. The number of hydrogen-bond donors (Lipinski definition) is 0. The zero-order valence-electron chi connectivity index (χ0n) is 13.3. The summed E-state index contributed by atoms with van der Waals surface area (Å²) in [6.45, 7) is 4.40. The summed E-state index contributed by atoms with van der Waals surface area (Å²) in [6, 6.07) is 4.48. The molecule has 1 aromatic carbocycles. The van der Waals surface area contributed by atoms with Crippen LogP contribution in [0.5, 0.6) is 5.75 Å². The Balaban J connectivity index is 2.04. The van der Waals surface area contributed by atoms with E-state index in [0.29, 0.717) is 11.7 Å². The molecule has 0 atom stereocenters. The van der Waals surface area contributed by atoms with E-state index >= 15 is 0 Å². The molecule has 0 unspecified atom stereocenters. The third-order valence-electron chi connectivity index (χ3n) is 4.88. The quantitative estimate of drug-likeness (QED) is 0.806. The number of aryl methyl sites for hydroxylation is 1. The van der Waals surface area contributed by atoms with Crippen LogP contribution in [0.2, 0.25) is 0 Å². The lowest BCUT2D eigenvalue weighted by atomic mass is 9.87. The van der Waals surface area contributed by atoms with Crippen molar-refractivity contribution in [3.8, 4) is 5.75 Å². The maximum Gasteiger partial charge on any atom is 0.159 e. The van der Waals surface area contributed by atoms with Crippen molar-refractivity contribution in [1.82, 2.24) is 0 Å². The van der Waals surface area contributed by atoms with Gasteiger partial charge in [-0.3, -0.25) is 4.79 Å². The number of ether oxygens (including phenoxy) is 1. The van der Waals surface area contributed by atoms with Gasteiger partial charge in [-0.2, -0.15) is 0 Å². The summed E-state index contributed by atoms with van der Waals surface area (Å²) < 4.78 is 5.58. The average molecular weight is 284 g/mol. The molecule has 0 spiro atoms. The van der Waals surface area contributed by atoms with Crippen LogP contribution in [0.3, 0.4) is 0 Å². The van der Waals surface area contributed by atoms with E-state index in [1.165, 1.54) is 22.3 Å². The van der Waals surface area contributed by atoms with Crippen molar-refractivity contribution < 1.29 is 9.53 Å². The normalized spacial score (nSPS) is 18.4. The van der Waals surface area contributed by atoms with Crippen molar-refractivity contribution in [2.75, 3.05) is 7.11 Å². The van der Waals surface area contributed by atoms with Gasteiger partial charge in [0.15, 0.2) is 5.78 Å². The molecule has 2 nitrogen and oxygen atoms in total. The molecular weight excluding hydrogens is 260 g/mol. The van der Waals surface area contributed by atoms with Crippen molar-refractivity contribution >= 4 is 5.78 Å². The van der Waals surface area contributed by atoms with Crippen LogP contribution < -0.4 is 4.74 Å². The molecular formula is C19H24O2. The predicted molar refractivity (Wildman–Crippen MR) is 85.0 cm³/mol. The molecule has 0 radical (unpaired) electrons. The maximum absolute atomic E-state index is 12.2. The SMILES string of the molecule is COc1cc2c(cc1C(C)C)CCC1=C(C2)C(=O)CCC1. The minimum absolute atomic E-state index is 0.371. The topological polar surface area (TPSA) is 26.3 Å². The zero-order valence-corrected chi connectivity index (χ0v) is 13.3. The fourth-order valence-electron chi connectivity index (χ4n) is 3.65. The minimum Gasteiger partial charge on any atom is -0.496 e. The Labute approximate surface area is 127 Å². The largest absolute Gasteiger partial charge is 0.496 e. The lowest BCUT2D eigenvalue weighted by Gasteiger charge is -2.18. The number of methoxy groups -OCH3 is 1. The van der Waals surface area contributed by atoms with E-state index in [-0.39, 0.29) is 0 Å². The van der Waals surface area contributed by atoms with Gasteiger partial charge in [0.25, 0.3) is 0 Å². The van der Waals surface area contributed by atoms with Crippen molar-refractivity contribution in [3.05, 3.63) is 40.0 Å². The van der Waals surface area contributed by atoms with Gasteiger partial charge in [-0.15, -0.1) is 0 Å². The Hall–Kier alpha value is -1.57. The molecule has 0 aliphatic heterocycles. The molecule has 2 aliphatic carbocycles. The van der Waals surface area contributed by atoms with Gasteiger partial charge in [0.05, 0.1) is 7.11 Å². The summed E-state index contributed by atoms with van der Waals surface area (Å²) in [7, 11) is 1.74. The second-order valence-electron chi connectivity index (χ2n) is 6.55. The molecule has 0 heterocycles. The number of fused-ring (bicyclic) bond motifs is 1. The number of hydrogen-bond acceptors (Lipinski definition) is 2. The van der Waals surface area contributed by atoms with Gasteiger partial charge in [-0.25, -0.2) is 0 Å². The van der Waals surface area contributed by atoms with Crippen LogP contribution in [-0.2, 0) is 17.6 Å². The number of carbonyl (C=O) groups excluding carboxylic acids is 1. The molecule has 0 bridgehead atoms.